The normalized spacial score (nSPS) is 15.6. The minimum atomic E-state index is -0.456. The molecule has 1 saturated heterocycles. The minimum Gasteiger partial charge on any atom is -0.297 e. The number of rotatable bonds is 7. The van der Waals surface area contributed by atoms with E-state index in [9.17, 15) is 14.9 Å². The van der Waals surface area contributed by atoms with Crippen molar-refractivity contribution >= 4 is 17.8 Å². The lowest BCUT2D eigenvalue weighted by Gasteiger charge is -2.34. The van der Waals surface area contributed by atoms with Crippen LogP contribution in [0.1, 0.15) is 11.1 Å². The summed E-state index contributed by atoms with van der Waals surface area (Å²) in [4.78, 5) is 26.7. The first-order chi connectivity index (χ1) is 13.6. The summed E-state index contributed by atoms with van der Waals surface area (Å²) in [5.74, 6) is -0.172. The van der Waals surface area contributed by atoms with E-state index in [0.717, 1.165) is 32.7 Å². The summed E-state index contributed by atoms with van der Waals surface area (Å²) in [6.45, 7) is 4.76. The molecular weight excluding hydrogens is 358 g/mol. The van der Waals surface area contributed by atoms with Crippen LogP contribution >= 0.6 is 0 Å². The number of non-ortho nitro benzene ring substituents is 1. The molecule has 1 heterocycles. The standard InChI is InChI=1S/C20H23N5O3/c26-20(22-21-14-17-6-8-19(9-7-17)25(27)28)16-24-12-10-23(11-13-24)15-18-4-2-1-3-5-18/h1-9,14H,10-13,15-16H2,(H,22,26)/b21-14-. The maximum absolute atomic E-state index is 12.0. The van der Waals surface area contributed by atoms with Crippen LogP contribution in [0.3, 0.4) is 0 Å². The summed E-state index contributed by atoms with van der Waals surface area (Å²) in [5.41, 5.74) is 4.51. The van der Waals surface area contributed by atoms with E-state index in [1.54, 1.807) is 12.1 Å². The lowest BCUT2D eigenvalue weighted by atomic mass is 10.2. The lowest BCUT2D eigenvalue weighted by Crippen LogP contribution is -2.48. The Labute approximate surface area is 163 Å². The molecule has 1 aliphatic rings. The van der Waals surface area contributed by atoms with Crippen molar-refractivity contribution in [1.29, 1.82) is 0 Å². The number of hydrazone groups is 1. The van der Waals surface area contributed by atoms with E-state index in [2.05, 4.69) is 32.5 Å². The lowest BCUT2D eigenvalue weighted by molar-refractivity contribution is -0.384. The van der Waals surface area contributed by atoms with Crippen molar-refractivity contribution in [3.8, 4) is 0 Å². The maximum Gasteiger partial charge on any atom is 0.269 e. The van der Waals surface area contributed by atoms with Gasteiger partial charge in [-0.3, -0.25) is 24.7 Å². The van der Waals surface area contributed by atoms with Crippen molar-refractivity contribution < 1.29 is 9.72 Å². The van der Waals surface area contributed by atoms with Gasteiger partial charge >= 0.3 is 0 Å². The van der Waals surface area contributed by atoms with Gasteiger partial charge in [-0.1, -0.05) is 30.3 Å². The second-order valence-corrected chi connectivity index (χ2v) is 6.68. The SMILES string of the molecule is O=C(CN1CCN(Cc2ccccc2)CC1)N/N=C\c1ccc([N+](=O)[O-])cc1. The quantitative estimate of drug-likeness (QED) is 0.449. The van der Waals surface area contributed by atoms with Crippen LogP contribution in [0.4, 0.5) is 5.69 Å². The van der Waals surface area contributed by atoms with E-state index in [4.69, 9.17) is 0 Å². The van der Waals surface area contributed by atoms with E-state index >= 15 is 0 Å². The van der Waals surface area contributed by atoms with Gasteiger partial charge in [-0.25, -0.2) is 5.43 Å². The van der Waals surface area contributed by atoms with Crippen LogP contribution in [0.25, 0.3) is 0 Å². The molecule has 0 saturated carbocycles. The van der Waals surface area contributed by atoms with Crippen LogP contribution in [0.2, 0.25) is 0 Å². The molecule has 0 aromatic heterocycles. The number of piperazine rings is 1. The van der Waals surface area contributed by atoms with E-state index < -0.39 is 4.92 Å². The van der Waals surface area contributed by atoms with Gasteiger partial charge in [0, 0.05) is 44.9 Å². The van der Waals surface area contributed by atoms with Crippen LogP contribution < -0.4 is 5.43 Å². The smallest absolute Gasteiger partial charge is 0.269 e. The second-order valence-electron chi connectivity index (χ2n) is 6.68. The largest absolute Gasteiger partial charge is 0.297 e. The Balaban J connectivity index is 1.38. The van der Waals surface area contributed by atoms with Crippen molar-refractivity contribution in [2.45, 2.75) is 6.54 Å². The summed E-state index contributed by atoms with van der Waals surface area (Å²) >= 11 is 0. The molecule has 0 spiro atoms. The number of hydrogen-bond donors (Lipinski definition) is 1. The van der Waals surface area contributed by atoms with Crippen LogP contribution in [0.15, 0.2) is 59.7 Å². The predicted octanol–water partition coefficient (Wildman–Crippen LogP) is 1.86. The van der Waals surface area contributed by atoms with Crippen LogP contribution in [-0.2, 0) is 11.3 Å². The number of hydrogen-bond acceptors (Lipinski definition) is 6. The number of nitro groups is 1. The molecule has 1 N–H and O–H groups in total. The third-order valence-corrected chi connectivity index (χ3v) is 4.59. The van der Waals surface area contributed by atoms with Gasteiger partial charge in [-0.15, -0.1) is 0 Å². The number of nitrogens with one attached hydrogen (secondary N) is 1. The number of carbonyl (C=O) groups excluding carboxylic acids is 1. The van der Waals surface area contributed by atoms with Gasteiger partial charge in [-0.05, 0) is 23.3 Å². The predicted molar refractivity (Wildman–Crippen MR) is 107 cm³/mol. The first kappa shape index (κ1) is 19.7. The van der Waals surface area contributed by atoms with Gasteiger partial charge in [-0.2, -0.15) is 5.10 Å². The molecule has 8 heteroatoms. The van der Waals surface area contributed by atoms with E-state index in [0.29, 0.717) is 12.1 Å². The Morgan fingerprint density at radius 3 is 2.32 bits per heavy atom. The Hall–Kier alpha value is -3.10. The molecule has 0 aliphatic carbocycles. The highest BCUT2D eigenvalue weighted by Crippen LogP contribution is 2.10. The van der Waals surface area contributed by atoms with Crippen LogP contribution in [0.5, 0.6) is 0 Å². The molecule has 2 aromatic carbocycles. The van der Waals surface area contributed by atoms with Crippen molar-refractivity contribution in [1.82, 2.24) is 15.2 Å². The summed E-state index contributed by atoms with van der Waals surface area (Å²) in [6, 6.07) is 16.3. The van der Waals surface area contributed by atoms with Gasteiger partial charge < -0.3 is 0 Å². The molecular formula is C20H23N5O3. The Kier molecular flexibility index (Phi) is 6.83. The molecule has 0 unspecified atom stereocenters. The Morgan fingerprint density at radius 1 is 1.04 bits per heavy atom. The second kappa shape index (κ2) is 9.72. The Bertz CT molecular complexity index is 815. The number of nitro benzene ring substituents is 1. The van der Waals surface area contributed by atoms with Gasteiger partial charge in [0.05, 0.1) is 17.7 Å². The van der Waals surface area contributed by atoms with Crippen LogP contribution in [-0.4, -0.2) is 59.6 Å². The summed E-state index contributed by atoms with van der Waals surface area (Å²) in [5, 5.41) is 14.5. The summed E-state index contributed by atoms with van der Waals surface area (Å²) in [6.07, 6.45) is 1.47. The topological polar surface area (TPSA) is 91.1 Å². The van der Waals surface area contributed by atoms with E-state index in [1.807, 2.05) is 18.2 Å². The molecule has 1 fully saturated rings. The monoisotopic (exact) mass is 381 g/mol. The zero-order valence-electron chi connectivity index (χ0n) is 15.5. The molecule has 28 heavy (non-hydrogen) atoms. The highest BCUT2D eigenvalue weighted by Gasteiger charge is 2.18. The van der Waals surface area contributed by atoms with Gasteiger partial charge in [0.25, 0.3) is 11.6 Å². The summed E-state index contributed by atoms with van der Waals surface area (Å²) in [7, 11) is 0. The fourth-order valence-electron chi connectivity index (χ4n) is 3.05. The number of carbonyl (C=O) groups is 1. The zero-order chi connectivity index (χ0) is 19.8. The highest BCUT2D eigenvalue weighted by atomic mass is 16.6. The molecule has 0 atom stereocenters. The fraction of sp³-hybridized carbons (Fsp3) is 0.300. The van der Waals surface area contributed by atoms with Crippen molar-refractivity contribution in [3.05, 3.63) is 75.8 Å². The van der Waals surface area contributed by atoms with Gasteiger partial charge in [0.1, 0.15) is 0 Å². The molecule has 146 valence electrons. The molecule has 0 bridgehead atoms. The summed E-state index contributed by atoms with van der Waals surface area (Å²) < 4.78 is 0. The molecule has 8 nitrogen and oxygen atoms in total. The molecule has 2 aromatic rings. The number of benzene rings is 2. The Morgan fingerprint density at radius 2 is 1.68 bits per heavy atom. The number of amides is 1. The first-order valence-electron chi connectivity index (χ1n) is 9.15. The molecule has 1 aliphatic heterocycles. The van der Waals surface area contributed by atoms with Crippen molar-refractivity contribution in [3.63, 3.8) is 0 Å². The van der Waals surface area contributed by atoms with E-state index in [1.165, 1.54) is 23.9 Å². The van der Waals surface area contributed by atoms with Crippen molar-refractivity contribution in [2.24, 2.45) is 5.10 Å². The first-order valence-corrected chi connectivity index (χ1v) is 9.15. The van der Waals surface area contributed by atoms with Gasteiger partial charge in [0.15, 0.2) is 0 Å². The molecule has 1 amide bonds. The zero-order valence-corrected chi connectivity index (χ0v) is 15.5. The molecule has 0 radical (unpaired) electrons. The molecule has 3 rings (SSSR count). The maximum atomic E-state index is 12.0. The van der Waals surface area contributed by atoms with Gasteiger partial charge in [0.2, 0.25) is 0 Å². The van der Waals surface area contributed by atoms with Crippen LogP contribution in [0, 0.1) is 10.1 Å². The minimum absolute atomic E-state index is 0.0209. The average Bonchev–Trinajstić information content (AvgIpc) is 2.71. The van der Waals surface area contributed by atoms with Crippen molar-refractivity contribution in [2.75, 3.05) is 32.7 Å². The fourth-order valence-corrected chi connectivity index (χ4v) is 3.05. The van der Waals surface area contributed by atoms with E-state index in [-0.39, 0.29) is 11.6 Å². The highest BCUT2D eigenvalue weighted by molar-refractivity contribution is 5.83. The third-order valence-electron chi connectivity index (χ3n) is 4.59. The number of nitrogens with zero attached hydrogens (tertiary/aromatic N) is 4. The average molecular weight is 381 g/mol. The third kappa shape index (κ3) is 5.97.